The lowest BCUT2D eigenvalue weighted by atomic mass is 10.0. The third-order valence-electron chi connectivity index (χ3n) is 3.68. The van der Waals surface area contributed by atoms with Gasteiger partial charge in [-0.2, -0.15) is 0 Å². The van der Waals surface area contributed by atoms with E-state index in [2.05, 4.69) is 16.8 Å². The van der Waals surface area contributed by atoms with Crippen LogP contribution >= 0.6 is 23.2 Å². The lowest BCUT2D eigenvalue weighted by molar-refractivity contribution is -0.138. The zero-order valence-corrected chi connectivity index (χ0v) is 12.9. The minimum Gasteiger partial charge on any atom is -0.481 e. The van der Waals surface area contributed by atoms with Crippen LogP contribution in [0.5, 0.6) is 0 Å². The van der Waals surface area contributed by atoms with Crippen LogP contribution in [0.1, 0.15) is 18.0 Å². The van der Waals surface area contributed by atoms with E-state index in [9.17, 15) is 4.79 Å². The Hall–Kier alpha value is -0.810. The van der Waals surface area contributed by atoms with Gasteiger partial charge in [0.2, 0.25) is 0 Å². The zero-order chi connectivity index (χ0) is 14.7. The molecule has 2 rings (SSSR count). The van der Waals surface area contributed by atoms with E-state index >= 15 is 0 Å². The predicted molar refractivity (Wildman–Crippen MR) is 80.5 cm³/mol. The second-order valence-corrected chi connectivity index (χ2v) is 5.94. The van der Waals surface area contributed by atoms with Crippen LogP contribution in [0.15, 0.2) is 18.2 Å². The van der Waals surface area contributed by atoms with E-state index in [1.165, 1.54) is 0 Å². The highest BCUT2D eigenvalue weighted by Crippen LogP contribution is 2.30. The first-order chi connectivity index (χ1) is 9.47. The average Bonchev–Trinajstić information content (AvgIpc) is 2.40. The first kappa shape index (κ1) is 15.6. The molecule has 6 heteroatoms. The fraction of sp³-hybridized carbons (Fsp3) is 0.500. The number of hydrogen-bond acceptors (Lipinski definition) is 3. The maximum atomic E-state index is 11.1. The summed E-state index contributed by atoms with van der Waals surface area (Å²) in [6.45, 7) is 3.60. The van der Waals surface area contributed by atoms with Crippen molar-refractivity contribution in [3.63, 3.8) is 0 Å². The molecule has 1 fully saturated rings. The van der Waals surface area contributed by atoms with E-state index in [4.69, 9.17) is 28.3 Å². The molecule has 4 nitrogen and oxygen atoms in total. The summed E-state index contributed by atoms with van der Waals surface area (Å²) in [4.78, 5) is 15.6. The van der Waals surface area contributed by atoms with E-state index in [0.29, 0.717) is 10.0 Å². The van der Waals surface area contributed by atoms with Crippen LogP contribution < -0.4 is 0 Å². The SMILES string of the molecule is CN1CCN(C(CC(=O)O)c2ccc(Cl)c(Cl)c2)CC1. The molecule has 0 radical (unpaired) electrons. The van der Waals surface area contributed by atoms with E-state index < -0.39 is 5.97 Å². The summed E-state index contributed by atoms with van der Waals surface area (Å²) < 4.78 is 0. The van der Waals surface area contributed by atoms with Crippen LogP contribution in [0, 0.1) is 0 Å². The third kappa shape index (κ3) is 3.85. The normalized spacial score (nSPS) is 18.9. The summed E-state index contributed by atoms with van der Waals surface area (Å²) in [5.74, 6) is -0.806. The molecule has 0 aromatic heterocycles. The van der Waals surface area contributed by atoms with Gasteiger partial charge >= 0.3 is 5.97 Å². The van der Waals surface area contributed by atoms with Crippen molar-refractivity contribution in [3.05, 3.63) is 33.8 Å². The van der Waals surface area contributed by atoms with Crippen molar-refractivity contribution in [2.75, 3.05) is 33.2 Å². The topological polar surface area (TPSA) is 43.8 Å². The fourth-order valence-corrected chi connectivity index (χ4v) is 2.78. The molecule has 0 amide bonds. The first-order valence-corrected chi connectivity index (χ1v) is 7.32. The lowest BCUT2D eigenvalue weighted by Gasteiger charge is -2.37. The van der Waals surface area contributed by atoms with Gasteiger partial charge in [-0.25, -0.2) is 0 Å². The molecule has 1 heterocycles. The van der Waals surface area contributed by atoms with E-state index in [-0.39, 0.29) is 12.5 Å². The quantitative estimate of drug-likeness (QED) is 0.927. The van der Waals surface area contributed by atoms with Gasteiger partial charge in [0.05, 0.1) is 16.5 Å². The Balaban J connectivity index is 2.22. The Bertz CT molecular complexity index is 488. The van der Waals surface area contributed by atoms with Gasteiger partial charge in [-0.15, -0.1) is 0 Å². The first-order valence-electron chi connectivity index (χ1n) is 6.56. The molecular weight excluding hydrogens is 299 g/mol. The number of carboxylic acid groups (broad SMARTS) is 1. The van der Waals surface area contributed by atoms with Crippen LogP contribution in [-0.4, -0.2) is 54.1 Å². The number of carbonyl (C=O) groups is 1. The molecule has 1 aliphatic heterocycles. The van der Waals surface area contributed by atoms with Crippen LogP contribution in [-0.2, 0) is 4.79 Å². The molecular formula is C14H18Cl2N2O2. The van der Waals surface area contributed by atoms with Crippen LogP contribution in [0.2, 0.25) is 10.0 Å². The molecule has 1 aromatic rings. The minimum atomic E-state index is -0.806. The largest absolute Gasteiger partial charge is 0.481 e. The standard InChI is InChI=1S/C14H18Cl2N2O2/c1-17-4-6-18(7-5-17)13(9-14(19)20)10-2-3-11(15)12(16)8-10/h2-3,8,13H,4-7,9H2,1H3,(H,19,20). The molecule has 1 aliphatic rings. The number of halogens is 2. The monoisotopic (exact) mass is 316 g/mol. The van der Waals surface area contributed by atoms with E-state index in [1.807, 2.05) is 6.07 Å². The van der Waals surface area contributed by atoms with Crippen LogP contribution in [0.4, 0.5) is 0 Å². The smallest absolute Gasteiger partial charge is 0.305 e. The molecule has 1 atom stereocenters. The number of rotatable bonds is 4. The molecule has 0 aliphatic carbocycles. The fourth-order valence-electron chi connectivity index (χ4n) is 2.48. The number of carboxylic acids is 1. The van der Waals surface area contributed by atoms with E-state index in [1.54, 1.807) is 12.1 Å². The Morgan fingerprint density at radius 2 is 1.90 bits per heavy atom. The van der Waals surface area contributed by atoms with Gasteiger partial charge in [-0.05, 0) is 24.7 Å². The van der Waals surface area contributed by atoms with Crippen molar-refractivity contribution in [2.24, 2.45) is 0 Å². The highest BCUT2D eigenvalue weighted by molar-refractivity contribution is 6.42. The Kier molecular flexibility index (Phi) is 5.27. The second kappa shape index (κ2) is 6.76. The Morgan fingerprint density at radius 3 is 2.45 bits per heavy atom. The summed E-state index contributed by atoms with van der Waals surface area (Å²) in [7, 11) is 2.07. The molecule has 1 aromatic carbocycles. The number of aliphatic carboxylic acids is 1. The van der Waals surface area contributed by atoms with E-state index in [0.717, 1.165) is 31.7 Å². The van der Waals surface area contributed by atoms with Crippen LogP contribution in [0.3, 0.4) is 0 Å². The highest BCUT2D eigenvalue weighted by Gasteiger charge is 2.26. The predicted octanol–water partition coefficient (Wildman–Crippen LogP) is 2.76. The number of likely N-dealkylation sites (N-methyl/N-ethyl adjacent to an activating group) is 1. The minimum absolute atomic E-state index is 0.0711. The third-order valence-corrected chi connectivity index (χ3v) is 4.41. The van der Waals surface area contributed by atoms with Crippen molar-refractivity contribution in [1.29, 1.82) is 0 Å². The number of benzene rings is 1. The average molecular weight is 317 g/mol. The van der Waals surface area contributed by atoms with Gasteiger partial charge in [0.15, 0.2) is 0 Å². The number of piperazine rings is 1. The maximum Gasteiger partial charge on any atom is 0.305 e. The molecule has 110 valence electrons. The molecule has 0 saturated carbocycles. The summed E-state index contributed by atoms with van der Waals surface area (Å²) in [6, 6.07) is 5.20. The van der Waals surface area contributed by atoms with Gasteiger partial charge in [0.1, 0.15) is 0 Å². The Labute approximate surface area is 128 Å². The molecule has 0 bridgehead atoms. The zero-order valence-electron chi connectivity index (χ0n) is 11.4. The molecule has 0 spiro atoms. The molecule has 20 heavy (non-hydrogen) atoms. The molecule has 1 saturated heterocycles. The summed E-state index contributed by atoms with van der Waals surface area (Å²) >= 11 is 12.0. The molecule has 1 N–H and O–H groups in total. The van der Waals surface area contributed by atoms with Crippen molar-refractivity contribution in [3.8, 4) is 0 Å². The van der Waals surface area contributed by atoms with Crippen molar-refractivity contribution < 1.29 is 9.90 Å². The maximum absolute atomic E-state index is 11.1. The van der Waals surface area contributed by atoms with Crippen LogP contribution in [0.25, 0.3) is 0 Å². The van der Waals surface area contributed by atoms with Crippen molar-refractivity contribution >= 4 is 29.2 Å². The van der Waals surface area contributed by atoms with Gasteiger partial charge in [0.25, 0.3) is 0 Å². The second-order valence-electron chi connectivity index (χ2n) is 5.13. The summed E-state index contributed by atoms with van der Waals surface area (Å²) in [5.41, 5.74) is 0.909. The van der Waals surface area contributed by atoms with Gasteiger partial charge < -0.3 is 10.0 Å². The number of hydrogen-bond donors (Lipinski definition) is 1. The lowest BCUT2D eigenvalue weighted by Crippen LogP contribution is -2.46. The van der Waals surface area contributed by atoms with Gasteiger partial charge in [-0.1, -0.05) is 29.3 Å². The van der Waals surface area contributed by atoms with Gasteiger partial charge in [-0.3, -0.25) is 9.69 Å². The molecule has 1 unspecified atom stereocenters. The summed E-state index contributed by atoms with van der Waals surface area (Å²) in [6.07, 6.45) is 0.0711. The highest BCUT2D eigenvalue weighted by atomic mass is 35.5. The Morgan fingerprint density at radius 1 is 1.25 bits per heavy atom. The number of nitrogens with zero attached hydrogens (tertiary/aromatic N) is 2. The van der Waals surface area contributed by atoms with Crippen molar-refractivity contribution in [2.45, 2.75) is 12.5 Å². The van der Waals surface area contributed by atoms with Crippen molar-refractivity contribution in [1.82, 2.24) is 9.80 Å². The summed E-state index contributed by atoms with van der Waals surface area (Å²) in [5, 5.41) is 10.1. The van der Waals surface area contributed by atoms with Gasteiger partial charge in [0, 0.05) is 32.2 Å².